The molecule has 30 heavy (non-hydrogen) atoms. The maximum Gasteiger partial charge on any atom is 0.262 e. The van der Waals surface area contributed by atoms with Crippen LogP contribution in [0.4, 0.5) is 4.39 Å². The van der Waals surface area contributed by atoms with E-state index in [4.69, 9.17) is 9.47 Å². The molecule has 1 N–H and O–H groups in total. The van der Waals surface area contributed by atoms with Gasteiger partial charge in [0.25, 0.3) is 5.56 Å². The molecule has 0 aliphatic heterocycles. The van der Waals surface area contributed by atoms with Gasteiger partial charge in [-0.05, 0) is 42.0 Å². The van der Waals surface area contributed by atoms with E-state index in [0.29, 0.717) is 27.3 Å². The number of methoxy groups -OCH3 is 1. The number of aliphatic hydroxyl groups is 1. The molecule has 0 saturated heterocycles. The van der Waals surface area contributed by atoms with Crippen LogP contribution in [0.15, 0.2) is 65.0 Å². The molecule has 0 spiro atoms. The molecule has 0 fully saturated rings. The van der Waals surface area contributed by atoms with Gasteiger partial charge in [0.1, 0.15) is 34.9 Å². The minimum absolute atomic E-state index is 0.0191. The maximum absolute atomic E-state index is 13.2. The quantitative estimate of drug-likeness (QED) is 0.488. The van der Waals surface area contributed by atoms with Crippen LogP contribution in [0.2, 0.25) is 0 Å². The van der Waals surface area contributed by atoms with Gasteiger partial charge >= 0.3 is 0 Å². The van der Waals surface area contributed by atoms with Gasteiger partial charge in [-0.15, -0.1) is 11.3 Å². The summed E-state index contributed by atoms with van der Waals surface area (Å²) >= 11 is 1.35. The van der Waals surface area contributed by atoms with Gasteiger partial charge in [-0.3, -0.25) is 9.36 Å². The van der Waals surface area contributed by atoms with E-state index >= 15 is 0 Å². The molecule has 4 rings (SSSR count). The fraction of sp³-hybridized carbons (Fsp3) is 0.182. The highest BCUT2D eigenvalue weighted by Gasteiger charge is 2.15. The second-order valence-corrected chi connectivity index (χ2v) is 7.54. The van der Waals surface area contributed by atoms with E-state index < -0.39 is 6.10 Å². The molecule has 2 aromatic carbocycles. The van der Waals surface area contributed by atoms with Crippen LogP contribution < -0.4 is 15.0 Å². The second-order valence-electron chi connectivity index (χ2n) is 6.68. The zero-order valence-electron chi connectivity index (χ0n) is 16.1. The van der Waals surface area contributed by atoms with Crippen molar-refractivity contribution < 1.29 is 19.0 Å². The number of nitrogens with zero attached hydrogens (tertiary/aromatic N) is 2. The van der Waals surface area contributed by atoms with E-state index in [0.717, 1.165) is 5.56 Å². The number of hydrogen-bond acceptors (Lipinski definition) is 6. The van der Waals surface area contributed by atoms with E-state index in [9.17, 15) is 14.3 Å². The molecule has 1 unspecified atom stereocenters. The molecule has 0 saturated carbocycles. The summed E-state index contributed by atoms with van der Waals surface area (Å²) in [5.41, 5.74) is 1.18. The summed E-state index contributed by atoms with van der Waals surface area (Å²) in [5, 5.41) is 12.6. The fourth-order valence-electron chi connectivity index (χ4n) is 3.08. The lowest BCUT2D eigenvalue weighted by Crippen LogP contribution is -2.30. The molecular formula is C22H19FN2O4S. The van der Waals surface area contributed by atoms with Gasteiger partial charge in [-0.1, -0.05) is 12.1 Å². The average molecular weight is 426 g/mol. The number of aliphatic hydroxyl groups excluding tert-OH is 1. The summed E-state index contributed by atoms with van der Waals surface area (Å²) < 4.78 is 25.3. The van der Waals surface area contributed by atoms with Crippen LogP contribution in [0.3, 0.4) is 0 Å². The molecule has 2 heterocycles. The minimum Gasteiger partial charge on any atom is -0.497 e. The summed E-state index contributed by atoms with van der Waals surface area (Å²) in [6.45, 7) is 0.0574. The largest absolute Gasteiger partial charge is 0.497 e. The Bertz CT molecular complexity index is 1200. The van der Waals surface area contributed by atoms with Gasteiger partial charge < -0.3 is 14.6 Å². The Hall–Kier alpha value is -3.23. The molecule has 0 radical (unpaired) electrons. The van der Waals surface area contributed by atoms with Gasteiger partial charge in [-0.2, -0.15) is 0 Å². The predicted molar refractivity (Wildman–Crippen MR) is 114 cm³/mol. The van der Waals surface area contributed by atoms with Crippen molar-refractivity contribution in [3.63, 3.8) is 0 Å². The highest BCUT2D eigenvalue weighted by Crippen LogP contribution is 2.30. The molecule has 1 atom stereocenters. The topological polar surface area (TPSA) is 73.6 Å². The molecule has 0 bridgehead atoms. The summed E-state index contributed by atoms with van der Waals surface area (Å²) in [7, 11) is 1.58. The Kier molecular flexibility index (Phi) is 5.78. The Balaban J connectivity index is 1.52. The van der Waals surface area contributed by atoms with E-state index in [2.05, 4.69) is 4.98 Å². The first-order valence-electron chi connectivity index (χ1n) is 9.22. The van der Waals surface area contributed by atoms with Gasteiger partial charge in [-0.25, -0.2) is 9.37 Å². The number of aromatic nitrogens is 2. The van der Waals surface area contributed by atoms with E-state index in [1.165, 1.54) is 34.4 Å². The molecule has 0 aliphatic rings. The van der Waals surface area contributed by atoms with Crippen molar-refractivity contribution in [2.75, 3.05) is 13.7 Å². The van der Waals surface area contributed by atoms with Crippen molar-refractivity contribution in [3.05, 3.63) is 76.4 Å². The molecule has 6 nitrogen and oxygen atoms in total. The Morgan fingerprint density at radius 1 is 1.13 bits per heavy atom. The standard InChI is InChI=1S/C22H19FN2O4S/c1-28-17-6-8-18(9-7-17)29-11-16(26)10-25-13-24-21-20(22(25)27)19(12-30-21)14-2-4-15(23)5-3-14/h2-9,12-13,16,26H,10-11H2,1H3. The van der Waals surface area contributed by atoms with Crippen LogP contribution in [0, 0.1) is 5.82 Å². The molecule has 0 aliphatic carbocycles. The van der Waals surface area contributed by atoms with E-state index in [1.807, 2.05) is 5.38 Å². The van der Waals surface area contributed by atoms with Crippen molar-refractivity contribution in [2.45, 2.75) is 12.6 Å². The summed E-state index contributed by atoms with van der Waals surface area (Å²) in [5.74, 6) is 0.961. The third-order valence-corrected chi connectivity index (χ3v) is 5.51. The maximum atomic E-state index is 13.2. The van der Waals surface area contributed by atoms with Crippen molar-refractivity contribution in [2.24, 2.45) is 0 Å². The third kappa shape index (κ3) is 4.19. The van der Waals surface area contributed by atoms with Crippen molar-refractivity contribution in [3.8, 4) is 22.6 Å². The summed E-state index contributed by atoms with van der Waals surface area (Å²) in [4.78, 5) is 18.0. The van der Waals surface area contributed by atoms with Crippen LogP contribution in [0.25, 0.3) is 21.3 Å². The first-order valence-corrected chi connectivity index (χ1v) is 10.1. The Morgan fingerprint density at radius 2 is 1.83 bits per heavy atom. The number of hydrogen-bond donors (Lipinski definition) is 1. The number of fused-ring (bicyclic) bond motifs is 1. The number of rotatable bonds is 7. The first kappa shape index (κ1) is 20.1. The lowest BCUT2D eigenvalue weighted by molar-refractivity contribution is 0.0914. The highest BCUT2D eigenvalue weighted by molar-refractivity contribution is 7.17. The number of benzene rings is 2. The molecule has 2 aromatic heterocycles. The number of thiophene rings is 1. The molecule has 8 heteroatoms. The SMILES string of the molecule is COc1ccc(OCC(O)Cn2cnc3scc(-c4ccc(F)cc4)c3c2=O)cc1. The zero-order chi connectivity index (χ0) is 21.1. The number of ether oxygens (including phenoxy) is 2. The Morgan fingerprint density at radius 3 is 2.53 bits per heavy atom. The average Bonchev–Trinajstić information content (AvgIpc) is 3.20. The Labute approximate surface area is 175 Å². The van der Waals surface area contributed by atoms with Gasteiger partial charge in [0.2, 0.25) is 0 Å². The summed E-state index contributed by atoms with van der Waals surface area (Å²) in [6.07, 6.45) is 0.517. The van der Waals surface area contributed by atoms with E-state index in [1.54, 1.807) is 43.5 Å². The van der Waals surface area contributed by atoms with Crippen LogP contribution in [-0.2, 0) is 6.54 Å². The molecule has 0 amide bonds. The smallest absolute Gasteiger partial charge is 0.262 e. The van der Waals surface area contributed by atoms with Gasteiger partial charge in [0, 0.05) is 10.9 Å². The van der Waals surface area contributed by atoms with Crippen LogP contribution in [0.1, 0.15) is 0 Å². The van der Waals surface area contributed by atoms with E-state index in [-0.39, 0.29) is 24.5 Å². The second kappa shape index (κ2) is 8.64. The minimum atomic E-state index is -0.906. The highest BCUT2D eigenvalue weighted by atomic mass is 32.1. The molecule has 154 valence electrons. The van der Waals surface area contributed by atoms with Crippen molar-refractivity contribution in [1.82, 2.24) is 9.55 Å². The molecular weight excluding hydrogens is 407 g/mol. The van der Waals surface area contributed by atoms with Crippen LogP contribution in [-0.4, -0.2) is 34.5 Å². The summed E-state index contributed by atoms with van der Waals surface area (Å²) in [6, 6.07) is 13.0. The van der Waals surface area contributed by atoms with Gasteiger partial charge in [0.15, 0.2) is 0 Å². The predicted octanol–water partition coefficient (Wildman–Crippen LogP) is 3.71. The van der Waals surface area contributed by atoms with Crippen molar-refractivity contribution >= 4 is 21.6 Å². The fourth-order valence-corrected chi connectivity index (χ4v) is 3.99. The normalized spacial score (nSPS) is 12.1. The molecule has 4 aromatic rings. The van der Waals surface area contributed by atoms with Gasteiger partial charge in [0.05, 0.1) is 25.4 Å². The lowest BCUT2D eigenvalue weighted by atomic mass is 10.1. The lowest BCUT2D eigenvalue weighted by Gasteiger charge is -2.14. The van der Waals surface area contributed by atoms with Crippen molar-refractivity contribution in [1.29, 1.82) is 0 Å². The third-order valence-electron chi connectivity index (χ3n) is 4.63. The monoisotopic (exact) mass is 426 g/mol. The number of halogens is 1. The zero-order valence-corrected chi connectivity index (χ0v) is 16.9. The first-order chi connectivity index (χ1) is 14.5. The van der Waals surface area contributed by atoms with Crippen LogP contribution in [0.5, 0.6) is 11.5 Å². The van der Waals surface area contributed by atoms with Crippen LogP contribution >= 0.6 is 11.3 Å².